The van der Waals surface area contributed by atoms with E-state index in [0.717, 1.165) is 29.8 Å². The first-order valence-electron chi connectivity index (χ1n) is 5.04. The Kier molecular flexibility index (Phi) is 1.74. The van der Waals surface area contributed by atoms with Crippen LogP contribution in [-0.4, -0.2) is 13.2 Å². The maximum Gasteiger partial charge on any atom is 0.130 e. The highest BCUT2D eigenvalue weighted by atomic mass is 19.1. The van der Waals surface area contributed by atoms with Gasteiger partial charge in [0.15, 0.2) is 0 Å². The molecule has 0 unspecified atom stereocenters. The van der Waals surface area contributed by atoms with E-state index in [4.69, 9.17) is 4.74 Å². The molecule has 0 radical (unpaired) electrons. The first-order chi connectivity index (χ1) is 6.86. The van der Waals surface area contributed by atoms with Crippen LogP contribution in [0.1, 0.15) is 23.6 Å². The fourth-order valence-electron chi connectivity index (χ4n) is 2.11. The number of benzene rings is 1. The molecule has 2 heterocycles. The highest BCUT2D eigenvalue weighted by Gasteiger charge is 2.27. The lowest BCUT2D eigenvalue weighted by Gasteiger charge is -2.29. The summed E-state index contributed by atoms with van der Waals surface area (Å²) in [5.74, 6) is 0.669. The fraction of sp³-hybridized carbons (Fsp3) is 0.455. The topological polar surface area (TPSA) is 21.3 Å². The Balaban J connectivity index is 2.08. The van der Waals surface area contributed by atoms with Gasteiger partial charge in [-0.05, 0) is 19.0 Å². The van der Waals surface area contributed by atoms with Crippen molar-refractivity contribution in [1.29, 1.82) is 0 Å². The van der Waals surface area contributed by atoms with E-state index in [1.54, 1.807) is 6.07 Å². The molecule has 1 saturated heterocycles. The van der Waals surface area contributed by atoms with E-state index in [9.17, 15) is 4.39 Å². The minimum absolute atomic E-state index is 0.124. The lowest BCUT2D eigenvalue weighted by molar-refractivity contribution is 0.329. The molecular weight excluding hydrogens is 181 g/mol. The largest absolute Gasteiger partial charge is 0.492 e. The summed E-state index contributed by atoms with van der Waals surface area (Å²) in [7, 11) is 0. The van der Waals surface area contributed by atoms with Crippen LogP contribution in [0.3, 0.4) is 0 Å². The zero-order valence-electron chi connectivity index (χ0n) is 7.85. The molecule has 0 saturated carbocycles. The van der Waals surface area contributed by atoms with Gasteiger partial charge in [-0.15, -0.1) is 0 Å². The molecule has 74 valence electrons. The van der Waals surface area contributed by atoms with Crippen LogP contribution in [-0.2, 0) is 6.42 Å². The van der Waals surface area contributed by atoms with E-state index >= 15 is 0 Å². The van der Waals surface area contributed by atoms with Gasteiger partial charge in [0.25, 0.3) is 0 Å². The third kappa shape index (κ3) is 1.05. The van der Waals surface area contributed by atoms with Crippen LogP contribution < -0.4 is 10.1 Å². The minimum Gasteiger partial charge on any atom is -0.492 e. The lowest BCUT2D eigenvalue weighted by Crippen LogP contribution is -2.35. The van der Waals surface area contributed by atoms with Crippen LogP contribution in [0.25, 0.3) is 0 Å². The first kappa shape index (κ1) is 8.24. The summed E-state index contributed by atoms with van der Waals surface area (Å²) < 4.78 is 18.8. The van der Waals surface area contributed by atoms with Gasteiger partial charge in [0.1, 0.15) is 11.6 Å². The smallest absolute Gasteiger partial charge is 0.130 e. The highest BCUT2D eigenvalue weighted by molar-refractivity contribution is 5.47. The second kappa shape index (κ2) is 2.95. The number of ether oxygens (including phenoxy) is 1. The lowest BCUT2D eigenvalue weighted by atomic mass is 9.95. The Morgan fingerprint density at radius 2 is 2.29 bits per heavy atom. The van der Waals surface area contributed by atoms with E-state index in [-0.39, 0.29) is 5.82 Å². The van der Waals surface area contributed by atoms with Gasteiger partial charge in [-0.2, -0.15) is 0 Å². The van der Waals surface area contributed by atoms with Crippen molar-refractivity contribution in [3.05, 3.63) is 29.1 Å². The van der Waals surface area contributed by atoms with Crippen molar-refractivity contribution in [2.24, 2.45) is 0 Å². The summed E-state index contributed by atoms with van der Waals surface area (Å²) in [6.45, 7) is 1.67. The summed E-state index contributed by atoms with van der Waals surface area (Å²) in [4.78, 5) is 0. The van der Waals surface area contributed by atoms with Crippen LogP contribution in [0.5, 0.6) is 5.75 Å². The van der Waals surface area contributed by atoms with Crippen molar-refractivity contribution >= 4 is 0 Å². The predicted molar refractivity (Wildman–Crippen MR) is 51.0 cm³/mol. The summed E-state index contributed by atoms with van der Waals surface area (Å²) in [5.41, 5.74) is 1.89. The van der Waals surface area contributed by atoms with Gasteiger partial charge in [0.05, 0.1) is 6.61 Å². The van der Waals surface area contributed by atoms with E-state index in [1.165, 1.54) is 0 Å². The number of hydrogen-bond acceptors (Lipinski definition) is 2. The van der Waals surface area contributed by atoms with Gasteiger partial charge < -0.3 is 10.1 Å². The maximum absolute atomic E-state index is 13.4. The van der Waals surface area contributed by atoms with Crippen LogP contribution in [0, 0.1) is 5.82 Å². The van der Waals surface area contributed by atoms with Crippen molar-refractivity contribution in [1.82, 2.24) is 5.32 Å². The van der Waals surface area contributed by atoms with Gasteiger partial charge >= 0.3 is 0 Å². The molecule has 2 aliphatic heterocycles. The van der Waals surface area contributed by atoms with Crippen LogP contribution in [0.2, 0.25) is 0 Å². The monoisotopic (exact) mass is 193 g/mol. The van der Waals surface area contributed by atoms with E-state index in [1.807, 2.05) is 6.07 Å². The number of nitrogens with one attached hydrogen (secondary N) is 1. The van der Waals surface area contributed by atoms with E-state index in [2.05, 4.69) is 5.32 Å². The summed E-state index contributed by atoms with van der Waals surface area (Å²) in [6.07, 6.45) is 1.84. The molecule has 3 heteroatoms. The molecule has 3 rings (SSSR count). The normalized spacial score (nSPS) is 23.9. The molecule has 0 amide bonds. The third-order valence-corrected chi connectivity index (χ3v) is 3.03. The van der Waals surface area contributed by atoms with Crippen molar-refractivity contribution < 1.29 is 9.13 Å². The second-order valence-electron chi connectivity index (χ2n) is 3.84. The number of rotatable bonds is 1. The van der Waals surface area contributed by atoms with Gasteiger partial charge in [-0.3, -0.25) is 0 Å². The average molecular weight is 193 g/mol. The molecule has 1 N–H and O–H groups in total. The Labute approximate surface area is 82.1 Å². The first-order valence-corrected chi connectivity index (χ1v) is 5.04. The van der Waals surface area contributed by atoms with Crippen LogP contribution in [0.15, 0.2) is 12.1 Å². The van der Waals surface area contributed by atoms with E-state index in [0.29, 0.717) is 19.1 Å². The molecule has 0 bridgehead atoms. The Bertz CT molecular complexity index is 374. The molecule has 14 heavy (non-hydrogen) atoms. The molecule has 1 atom stereocenters. The second-order valence-corrected chi connectivity index (χ2v) is 3.84. The number of fused-ring (bicyclic) bond motifs is 1. The molecule has 1 fully saturated rings. The number of hydrogen-bond donors (Lipinski definition) is 1. The molecular formula is C11H12FNO. The zero-order chi connectivity index (χ0) is 9.54. The van der Waals surface area contributed by atoms with Crippen molar-refractivity contribution in [2.75, 3.05) is 13.2 Å². The molecule has 0 aromatic heterocycles. The average Bonchev–Trinajstić information content (AvgIpc) is 2.55. The molecule has 0 spiro atoms. The van der Waals surface area contributed by atoms with Crippen LogP contribution >= 0.6 is 0 Å². The van der Waals surface area contributed by atoms with Crippen molar-refractivity contribution in [2.45, 2.75) is 18.9 Å². The van der Waals surface area contributed by atoms with Gasteiger partial charge in [0.2, 0.25) is 0 Å². The SMILES string of the molecule is Fc1ccc([C@H]2CCN2)c2c1CCO2. The van der Waals surface area contributed by atoms with Gasteiger partial charge in [-0.1, -0.05) is 6.07 Å². The molecule has 0 aliphatic carbocycles. The fourth-order valence-corrected chi connectivity index (χ4v) is 2.11. The standard InChI is InChI=1S/C11H12FNO/c12-9-2-1-8(10-3-5-13-10)11-7(9)4-6-14-11/h1-2,10,13H,3-6H2/t10-/m1/s1. The third-order valence-electron chi connectivity index (χ3n) is 3.03. The minimum atomic E-state index is -0.124. The zero-order valence-corrected chi connectivity index (χ0v) is 7.85. The summed E-state index contributed by atoms with van der Waals surface area (Å²) in [5, 5.41) is 3.31. The summed E-state index contributed by atoms with van der Waals surface area (Å²) >= 11 is 0. The summed E-state index contributed by atoms with van der Waals surface area (Å²) in [6, 6.07) is 3.78. The maximum atomic E-state index is 13.4. The molecule has 1 aromatic rings. The molecule has 1 aromatic carbocycles. The molecule has 2 aliphatic rings. The Hall–Kier alpha value is -1.09. The van der Waals surface area contributed by atoms with Crippen molar-refractivity contribution in [3.8, 4) is 5.75 Å². The quantitative estimate of drug-likeness (QED) is 0.734. The van der Waals surface area contributed by atoms with Crippen LogP contribution in [0.4, 0.5) is 4.39 Å². The van der Waals surface area contributed by atoms with E-state index < -0.39 is 0 Å². The van der Waals surface area contributed by atoms with Gasteiger partial charge in [0, 0.05) is 23.6 Å². The Morgan fingerprint density at radius 3 is 3.00 bits per heavy atom. The number of halogens is 1. The van der Waals surface area contributed by atoms with Crippen molar-refractivity contribution in [3.63, 3.8) is 0 Å². The molecule has 2 nitrogen and oxygen atoms in total. The highest BCUT2D eigenvalue weighted by Crippen LogP contribution is 2.38. The predicted octanol–water partition coefficient (Wildman–Crippen LogP) is 1.79. The van der Waals surface area contributed by atoms with Gasteiger partial charge in [-0.25, -0.2) is 4.39 Å². The Morgan fingerprint density at radius 1 is 1.43 bits per heavy atom.